The van der Waals surface area contributed by atoms with Crippen LogP contribution < -0.4 is 5.73 Å². The Morgan fingerprint density at radius 1 is 1.56 bits per heavy atom. The van der Waals surface area contributed by atoms with E-state index in [9.17, 15) is 4.79 Å². The summed E-state index contributed by atoms with van der Waals surface area (Å²) in [7, 11) is 0. The predicted molar refractivity (Wildman–Crippen MR) is 38.4 cm³/mol. The lowest BCUT2D eigenvalue weighted by Gasteiger charge is -1.98. The molecule has 0 rings (SSSR count). The van der Waals surface area contributed by atoms with E-state index < -0.39 is 9.82 Å². The molecule has 0 spiro atoms. The number of hydrogen-bond donors (Lipinski definition) is 1. The number of halogens is 3. The number of nitrogens with two attached hydrogens (primary N) is 1. The van der Waals surface area contributed by atoms with E-state index in [-0.39, 0.29) is 0 Å². The first-order valence-electron chi connectivity index (χ1n) is 1.83. The second-order valence-electron chi connectivity index (χ2n) is 1.14. The highest BCUT2D eigenvalue weighted by molar-refractivity contribution is 6.74. The van der Waals surface area contributed by atoms with Crippen LogP contribution in [-0.4, -0.2) is 16.0 Å². The molecule has 2 amide bonds. The number of carbonyl (C=O) groups excluding carboxylic acids is 1. The van der Waals surface area contributed by atoms with Crippen molar-refractivity contribution in [1.82, 2.24) is 0 Å². The highest BCUT2D eigenvalue weighted by Gasteiger charge is 2.15. The molecule has 9 heavy (non-hydrogen) atoms. The molecule has 0 atom stereocenters. The molecule has 0 saturated carbocycles. The van der Waals surface area contributed by atoms with Gasteiger partial charge in [0.25, 0.3) is 0 Å². The van der Waals surface area contributed by atoms with Crippen LogP contribution in [0.3, 0.4) is 0 Å². The Morgan fingerprint density at radius 2 is 2.00 bits per heavy atom. The Morgan fingerprint density at radius 3 is 2.11 bits per heavy atom. The quantitative estimate of drug-likeness (QED) is 0.456. The summed E-state index contributed by atoms with van der Waals surface area (Å²) in [5.41, 5.74) is 4.59. The van der Waals surface area contributed by atoms with Crippen LogP contribution in [0.25, 0.3) is 0 Å². The van der Waals surface area contributed by atoms with Gasteiger partial charge in [-0.1, -0.05) is 34.8 Å². The number of rotatable bonds is 0. The maximum Gasteiger partial charge on any atom is 0.338 e. The van der Waals surface area contributed by atoms with Crippen LogP contribution in [0.1, 0.15) is 0 Å². The third-order valence-corrected chi connectivity index (χ3v) is 0.631. The SMILES string of the molecule is NC(=O)/N=C/C(Cl)(Cl)Cl. The molecule has 0 radical (unpaired) electrons. The molecule has 6 heteroatoms. The average molecular weight is 189 g/mol. The van der Waals surface area contributed by atoms with Crippen LogP contribution >= 0.6 is 34.8 Å². The Labute approximate surface area is 66.8 Å². The second kappa shape index (κ2) is 3.25. The summed E-state index contributed by atoms with van der Waals surface area (Å²) >= 11 is 15.5. The molecule has 0 unspecified atom stereocenters. The first kappa shape index (κ1) is 9.01. The fraction of sp³-hybridized carbons (Fsp3) is 0.333. The van der Waals surface area contributed by atoms with Gasteiger partial charge in [0.05, 0.1) is 6.21 Å². The van der Waals surface area contributed by atoms with Crippen molar-refractivity contribution in [2.45, 2.75) is 3.79 Å². The van der Waals surface area contributed by atoms with Gasteiger partial charge in [-0.05, 0) is 0 Å². The third kappa shape index (κ3) is 8.01. The molecule has 2 N–H and O–H groups in total. The van der Waals surface area contributed by atoms with Gasteiger partial charge in [-0.15, -0.1) is 0 Å². The van der Waals surface area contributed by atoms with Gasteiger partial charge in [0.15, 0.2) is 0 Å². The van der Waals surface area contributed by atoms with Gasteiger partial charge in [0.2, 0.25) is 3.79 Å². The lowest BCUT2D eigenvalue weighted by Crippen LogP contribution is -2.10. The van der Waals surface area contributed by atoms with Crippen molar-refractivity contribution in [3.8, 4) is 0 Å². The number of aliphatic imine (C=N–C) groups is 1. The second-order valence-corrected chi connectivity index (χ2v) is 3.51. The molecular formula is C3H3Cl3N2O. The lowest BCUT2D eigenvalue weighted by molar-refractivity contribution is 0.257. The van der Waals surface area contributed by atoms with Gasteiger partial charge in [0, 0.05) is 0 Å². The summed E-state index contributed by atoms with van der Waals surface area (Å²) in [5.74, 6) is 0. The highest BCUT2D eigenvalue weighted by atomic mass is 35.6. The summed E-state index contributed by atoms with van der Waals surface area (Å²) in [6, 6.07) is -0.888. The average Bonchev–Trinajstić information content (AvgIpc) is 1.59. The Hall–Kier alpha value is 0.01000. The number of hydrogen-bond acceptors (Lipinski definition) is 1. The smallest absolute Gasteiger partial charge is 0.338 e. The topological polar surface area (TPSA) is 55.5 Å². The third-order valence-electron chi connectivity index (χ3n) is 0.338. The summed E-state index contributed by atoms with van der Waals surface area (Å²) in [6.45, 7) is 0. The van der Waals surface area contributed by atoms with Gasteiger partial charge in [-0.2, -0.15) is 0 Å². The Bertz CT molecular complexity index is 138. The molecule has 0 fully saturated rings. The van der Waals surface area contributed by atoms with E-state index in [1.54, 1.807) is 0 Å². The summed E-state index contributed by atoms with van der Waals surface area (Å²) < 4.78 is -1.64. The minimum absolute atomic E-state index is 0.833. The lowest BCUT2D eigenvalue weighted by atomic mass is 10.8. The van der Waals surface area contributed by atoms with Crippen LogP contribution in [0.5, 0.6) is 0 Å². The van der Waals surface area contributed by atoms with Crippen molar-refractivity contribution in [1.29, 1.82) is 0 Å². The molecule has 0 aliphatic carbocycles. The molecule has 0 bridgehead atoms. The molecular weight excluding hydrogens is 186 g/mol. The predicted octanol–water partition coefficient (Wildman–Crippen LogP) is 1.51. The molecule has 0 aromatic heterocycles. The zero-order valence-corrected chi connectivity index (χ0v) is 6.41. The maximum absolute atomic E-state index is 9.89. The van der Waals surface area contributed by atoms with E-state index in [2.05, 4.69) is 10.7 Å². The molecule has 3 nitrogen and oxygen atoms in total. The fourth-order valence-corrected chi connectivity index (χ4v) is 0.283. The fourth-order valence-electron chi connectivity index (χ4n) is 0.137. The maximum atomic E-state index is 9.89. The number of urea groups is 1. The number of nitrogens with zero attached hydrogens (tertiary/aromatic N) is 1. The zero-order valence-electron chi connectivity index (χ0n) is 4.14. The molecule has 52 valence electrons. The van der Waals surface area contributed by atoms with E-state index in [0.29, 0.717) is 0 Å². The van der Waals surface area contributed by atoms with Crippen LogP contribution in [0, 0.1) is 0 Å². The van der Waals surface area contributed by atoms with Crippen LogP contribution in [0.4, 0.5) is 4.79 Å². The standard InChI is InChI=1S/C3H3Cl3N2O/c4-3(5,6)1-8-2(7)9/h1H,(H2,7,9)/b8-1+. The van der Waals surface area contributed by atoms with Crippen molar-refractivity contribution < 1.29 is 4.79 Å². The minimum atomic E-state index is -1.64. The molecule has 0 saturated heterocycles. The number of amides is 2. The molecule has 0 aromatic carbocycles. The van der Waals surface area contributed by atoms with E-state index in [1.807, 2.05) is 0 Å². The summed E-state index contributed by atoms with van der Waals surface area (Å²) in [5, 5.41) is 0. The summed E-state index contributed by atoms with van der Waals surface area (Å²) in [4.78, 5) is 12.9. The molecule has 0 heterocycles. The number of carbonyl (C=O) groups is 1. The van der Waals surface area contributed by atoms with Crippen LogP contribution in [0.2, 0.25) is 0 Å². The van der Waals surface area contributed by atoms with Crippen molar-refractivity contribution >= 4 is 47.0 Å². The van der Waals surface area contributed by atoms with Crippen LogP contribution in [-0.2, 0) is 0 Å². The largest absolute Gasteiger partial charge is 0.350 e. The van der Waals surface area contributed by atoms with Gasteiger partial charge in [0.1, 0.15) is 0 Å². The van der Waals surface area contributed by atoms with Crippen molar-refractivity contribution in [3.63, 3.8) is 0 Å². The van der Waals surface area contributed by atoms with Gasteiger partial charge < -0.3 is 5.73 Å². The Balaban J connectivity index is 3.86. The van der Waals surface area contributed by atoms with E-state index >= 15 is 0 Å². The van der Waals surface area contributed by atoms with Crippen molar-refractivity contribution in [3.05, 3.63) is 0 Å². The van der Waals surface area contributed by atoms with E-state index in [1.165, 1.54) is 0 Å². The van der Waals surface area contributed by atoms with Gasteiger partial charge >= 0.3 is 6.03 Å². The van der Waals surface area contributed by atoms with Gasteiger partial charge in [-0.25, -0.2) is 9.79 Å². The zero-order chi connectivity index (χ0) is 7.49. The highest BCUT2D eigenvalue weighted by Crippen LogP contribution is 2.22. The number of primary amides is 1. The van der Waals surface area contributed by atoms with Crippen molar-refractivity contribution in [2.75, 3.05) is 0 Å². The minimum Gasteiger partial charge on any atom is -0.350 e. The monoisotopic (exact) mass is 188 g/mol. The summed E-state index contributed by atoms with van der Waals surface area (Å²) in [6.07, 6.45) is 0.833. The van der Waals surface area contributed by atoms with Crippen LogP contribution in [0.15, 0.2) is 4.99 Å². The number of alkyl halides is 3. The van der Waals surface area contributed by atoms with E-state index in [4.69, 9.17) is 34.8 Å². The molecule has 0 aliphatic heterocycles. The normalized spacial score (nSPS) is 12.3. The Kier molecular flexibility index (Phi) is 3.25. The molecule has 0 aromatic rings. The van der Waals surface area contributed by atoms with E-state index in [0.717, 1.165) is 6.21 Å². The van der Waals surface area contributed by atoms with Gasteiger partial charge in [-0.3, -0.25) is 0 Å². The van der Waals surface area contributed by atoms with Crippen molar-refractivity contribution in [2.24, 2.45) is 10.7 Å². The first-order valence-corrected chi connectivity index (χ1v) is 2.96. The molecule has 0 aliphatic rings. The first-order chi connectivity index (χ1) is 3.92.